The largest absolute Gasteiger partial charge is 0.469 e. The lowest BCUT2D eigenvalue weighted by molar-refractivity contribution is -0.147. The highest BCUT2D eigenvalue weighted by Gasteiger charge is 2.31. The van der Waals surface area contributed by atoms with E-state index in [-0.39, 0.29) is 17.9 Å². The minimum Gasteiger partial charge on any atom is -0.469 e. The maximum atomic E-state index is 11.2. The predicted octanol–water partition coefficient (Wildman–Crippen LogP) is -0.562. The molecule has 1 heterocycles. The molecule has 1 rings (SSSR count). The maximum Gasteiger partial charge on any atom is 0.311 e. The van der Waals surface area contributed by atoms with Crippen LogP contribution in [0.15, 0.2) is 0 Å². The Morgan fingerprint density at radius 3 is 2.92 bits per heavy atom. The number of hydrogen-bond acceptors (Lipinski definition) is 4. The second-order valence-corrected chi connectivity index (χ2v) is 3.34. The van der Waals surface area contributed by atoms with Crippen LogP contribution in [-0.4, -0.2) is 44.2 Å². The number of piperidine rings is 1. The summed E-state index contributed by atoms with van der Waals surface area (Å²) in [6, 6.07) is -0.0337. The van der Waals surface area contributed by atoms with Crippen LogP contribution in [0.4, 0.5) is 0 Å². The van der Waals surface area contributed by atoms with Gasteiger partial charge < -0.3 is 15.4 Å². The number of nitrogens with two attached hydrogens (primary N) is 1. The molecule has 70 valence electrons. The van der Waals surface area contributed by atoms with Crippen molar-refractivity contribution in [1.82, 2.24) is 4.90 Å². The molecule has 1 aliphatic rings. The number of esters is 1. The Labute approximate surface area is 72.7 Å². The fourth-order valence-corrected chi connectivity index (χ4v) is 1.53. The predicted molar refractivity (Wildman–Crippen MR) is 45.6 cm³/mol. The number of rotatable bonds is 1. The quantitative estimate of drug-likeness (QED) is 0.539. The second kappa shape index (κ2) is 3.87. The maximum absolute atomic E-state index is 11.2. The molecule has 4 nitrogen and oxygen atoms in total. The van der Waals surface area contributed by atoms with E-state index in [4.69, 9.17) is 5.73 Å². The highest BCUT2D eigenvalue weighted by molar-refractivity contribution is 5.73. The lowest BCUT2D eigenvalue weighted by atomic mass is 9.93. The highest BCUT2D eigenvalue weighted by Crippen LogP contribution is 2.15. The average molecular weight is 172 g/mol. The van der Waals surface area contributed by atoms with Crippen LogP contribution < -0.4 is 5.73 Å². The zero-order chi connectivity index (χ0) is 9.14. The third-order valence-electron chi connectivity index (χ3n) is 2.37. The van der Waals surface area contributed by atoms with Gasteiger partial charge in [-0.1, -0.05) is 0 Å². The number of nitrogens with zero attached hydrogens (tertiary/aromatic N) is 1. The van der Waals surface area contributed by atoms with Crippen molar-refractivity contribution in [1.29, 1.82) is 0 Å². The smallest absolute Gasteiger partial charge is 0.311 e. The van der Waals surface area contributed by atoms with Gasteiger partial charge in [0.25, 0.3) is 0 Å². The Bertz CT molecular complexity index is 172. The molecule has 2 N–H and O–H groups in total. The van der Waals surface area contributed by atoms with E-state index in [2.05, 4.69) is 9.64 Å². The van der Waals surface area contributed by atoms with E-state index in [1.807, 2.05) is 7.05 Å². The third kappa shape index (κ3) is 1.95. The van der Waals surface area contributed by atoms with Crippen LogP contribution in [0.25, 0.3) is 0 Å². The van der Waals surface area contributed by atoms with E-state index >= 15 is 0 Å². The molecular formula is C8H16N2O2. The molecule has 0 bridgehead atoms. The van der Waals surface area contributed by atoms with Crippen molar-refractivity contribution in [3.63, 3.8) is 0 Å². The number of likely N-dealkylation sites (tertiary alicyclic amines) is 1. The molecule has 1 aliphatic heterocycles. The van der Waals surface area contributed by atoms with Gasteiger partial charge in [-0.15, -0.1) is 0 Å². The summed E-state index contributed by atoms with van der Waals surface area (Å²) in [5, 5.41) is 0. The topological polar surface area (TPSA) is 55.6 Å². The van der Waals surface area contributed by atoms with Crippen molar-refractivity contribution in [2.75, 3.05) is 27.2 Å². The Balaban J connectivity index is 2.54. The molecule has 2 atom stereocenters. The van der Waals surface area contributed by atoms with Gasteiger partial charge in [-0.2, -0.15) is 0 Å². The van der Waals surface area contributed by atoms with Gasteiger partial charge in [-0.25, -0.2) is 0 Å². The van der Waals surface area contributed by atoms with Crippen LogP contribution in [0.3, 0.4) is 0 Å². The second-order valence-electron chi connectivity index (χ2n) is 3.34. The van der Waals surface area contributed by atoms with Crippen molar-refractivity contribution in [3.8, 4) is 0 Å². The summed E-state index contributed by atoms with van der Waals surface area (Å²) in [4.78, 5) is 13.3. The highest BCUT2D eigenvalue weighted by atomic mass is 16.5. The molecule has 0 aromatic heterocycles. The molecule has 1 fully saturated rings. The molecular weight excluding hydrogens is 156 g/mol. The zero-order valence-electron chi connectivity index (χ0n) is 7.62. The summed E-state index contributed by atoms with van der Waals surface area (Å²) in [5.41, 5.74) is 5.79. The molecule has 0 saturated carbocycles. The Kier molecular flexibility index (Phi) is 3.05. The third-order valence-corrected chi connectivity index (χ3v) is 2.37. The first-order valence-electron chi connectivity index (χ1n) is 4.17. The van der Waals surface area contributed by atoms with Crippen molar-refractivity contribution in [2.45, 2.75) is 12.5 Å². The monoisotopic (exact) mass is 172 g/mol. The molecule has 0 aliphatic carbocycles. The fourth-order valence-electron chi connectivity index (χ4n) is 1.53. The van der Waals surface area contributed by atoms with Crippen LogP contribution in [0, 0.1) is 5.92 Å². The first-order chi connectivity index (χ1) is 5.65. The zero-order valence-corrected chi connectivity index (χ0v) is 7.62. The summed E-state index contributed by atoms with van der Waals surface area (Å²) in [6.45, 7) is 1.68. The van der Waals surface area contributed by atoms with Crippen LogP contribution in [0.5, 0.6) is 0 Å². The van der Waals surface area contributed by atoms with E-state index in [0.29, 0.717) is 6.54 Å². The van der Waals surface area contributed by atoms with Crippen molar-refractivity contribution in [2.24, 2.45) is 11.7 Å². The summed E-state index contributed by atoms with van der Waals surface area (Å²) >= 11 is 0. The van der Waals surface area contributed by atoms with E-state index in [1.54, 1.807) is 0 Å². The van der Waals surface area contributed by atoms with Crippen LogP contribution in [-0.2, 0) is 9.53 Å². The Hall–Kier alpha value is -0.610. The van der Waals surface area contributed by atoms with Gasteiger partial charge in [0.1, 0.15) is 0 Å². The number of hydrogen-bond donors (Lipinski definition) is 1. The first kappa shape index (κ1) is 9.48. The Morgan fingerprint density at radius 2 is 2.33 bits per heavy atom. The van der Waals surface area contributed by atoms with Gasteiger partial charge in [-0.05, 0) is 20.0 Å². The van der Waals surface area contributed by atoms with Crippen molar-refractivity contribution < 1.29 is 9.53 Å². The molecule has 1 saturated heterocycles. The first-order valence-corrected chi connectivity index (χ1v) is 4.17. The van der Waals surface area contributed by atoms with E-state index in [1.165, 1.54) is 7.11 Å². The lowest BCUT2D eigenvalue weighted by Gasteiger charge is -2.32. The lowest BCUT2D eigenvalue weighted by Crippen LogP contribution is -2.49. The van der Waals surface area contributed by atoms with Crippen molar-refractivity contribution in [3.05, 3.63) is 0 Å². The fraction of sp³-hybridized carbons (Fsp3) is 0.875. The van der Waals surface area contributed by atoms with Gasteiger partial charge in [0.05, 0.1) is 13.0 Å². The molecule has 0 amide bonds. The van der Waals surface area contributed by atoms with Gasteiger partial charge in [-0.3, -0.25) is 4.79 Å². The molecule has 0 unspecified atom stereocenters. The van der Waals surface area contributed by atoms with Crippen molar-refractivity contribution >= 4 is 5.97 Å². The number of carbonyl (C=O) groups excluding carboxylic acids is 1. The minimum absolute atomic E-state index is 0.0337. The molecule has 0 radical (unpaired) electrons. The normalized spacial score (nSPS) is 31.6. The summed E-state index contributed by atoms with van der Waals surface area (Å²) in [7, 11) is 3.39. The average Bonchev–Trinajstić information content (AvgIpc) is 2.08. The summed E-state index contributed by atoms with van der Waals surface area (Å²) in [6.07, 6.45) is 0.871. The minimum atomic E-state index is -0.186. The van der Waals surface area contributed by atoms with Gasteiger partial charge in [0.15, 0.2) is 0 Å². The summed E-state index contributed by atoms with van der Waals surface area (Å²) in [5.74, 6) is -0.331. The molecule has 4 heteroatoms. The van der Waals surface area contributed by atoms with Gasteiger partial charge >= 0.3 is 5.97 Å². The van der Waals surface area contributed by atoms with Crippen LogP contribution in [0.1, 0.15) is 6.42 Å². The van der Waals surface area contributed by atoms with Crippen LogP contribution in [0.2, 0.25) is 0 Å². The van der Waals surface area contributed by atoms with Gasteiger partial charge in [0.2, 0.25) is 0 Å². The number of ether oxygens (including phenoxy) is 1. The number of carbonyl (C=O) groups is 1. The van der Waals surface area contributed by atoms with E-state index < -0.39 is 0 Å². The SMILES string of the molecule is COC(=O)[C@H]1CN(C)CC[C@H]1N. The molecule has 0 spiro atoms. The Morgan fingerprint density at radius 1 is 1.67 bits per heavy atom. The van der Waals surface area contributed by atoms with Crippen LogP contribution >= 0.6 is 0 Å². The molecule has 12 heavy (non-hydrogen) atoms. The molecule has 0 aromatic rings. The standard InChI is InChI=1S/C8H16N2O2/c1-10-4-3-7(9)6(5-10)8(11)12-2/h6-7H,3-5,9H2,1-2H3/t6-,7+/m0/s1. The molecule has 0 aromatic carbocycles. The number of methoxy groups -OCH3 is 1. The van der Waals surface area contributed by atoms with Gasteiger partial charge in [0, 0.05) is 12.6 Å². The van der Waals surface area contributed by atoms with E-state index in [9.17, 15) is 4.79 Å². The summed E-state index contributed by atoms with van der Waals surface area (Å²) < 4.78 is 4.66. The van der Waals surface area contributed by atoms with E-state index in [0.717, 1.165) is 13.0 Å².